The smallest absolute Gasteiger partial charge is 0.258 e. The van der Waals surface area contributed by atoms with E-state index in [1.165, 1.54) is 17.0 Å². The van der Waals surface area contributed by atoms with Crippen molar-refractivity contribution in [3.63, 3.8) is 0 Å². The summed E-state index contributed by atoms with van der Waals surface area (Å²) in [4.78, 5) is 79.6. The summed E-state index contributed by atoms with van der Waals surface area (Å²) < 4.78 is 33.5. The maximum absolute atomic E-state index is 14.2. The van der Waals surface area contributed by atoms with Crippen molar-refractivity contribution in [3.05, 3.63) is 124 Å². The number of anilines is 3. The van der Waals surface area contributed by atoms with Gasteiger partial charge in [0.25, 0.3) is 5.91 Å². The summed E-state index contributed by atoms with van der Waals surface area (Å²) in [5.74, 6) is -2.95. The van der Waals surface area contributed by atoms with Gasteiger partial charge in [0.1, 0.15) is 23.7 Å². The molecule has 2 aromatic heterocycles. The van der Waals surface area contributed by atoms with E-state index >= 15 is 0 Å². The molecule has 9 rings (SSSR count). The quantitative estimate of drug-likeness (QED) is 0.0584. The molecule has 0 radical (unpaired) electrons. The standard InChI is InChI=1S/C56H64F2N10O7S/c1-33-50(76-32-60-33)37-8-5-34(6-9-37)30-59-54(73)47-29-42(69)31-68(47)55(74)51(56(2,3)4)62-48(70)13-14-49(71)67-19-17-66(18-20-67)41-10-11-43(46(28-41)61-40-15-21-75-22-16-40)53(72)63-52-44-26-35(7-12-45(44)64-65-52)23-36-24-38(57)27-39(58)25-36/h5-12,24-28,32,40,42,47,51,61,69H,13-23,29-31H2,1-4H3,(H,59,73)(H,62,70)(H2,63,64,65,72)/t42-,47+,51-/m1/s1. The largest absolute Gasteiger partial charge is 0.391 e. The molecule has 6 aromatic rings. The second-order valence-electron chi connectivity index (χ2n) is 20.9. The molecule has 3 atom stereocenters. The molecule has 3 aliphatic rings. The van der Waals surface area contributed by atoms with Crippen molar-refractivity contribution in [1.29, 1.82) is 0 Å². The number of ether oxygens (including phenoxy) is 1. The lowest BCUT2D eigenvalue weighted by atomic mass is 9.85. The van der Waals surface area contributed by atoms with Crippen LogP contribution in [0, 0.1) is 24.0 Å². The molecule has 4 aromatic carbocycles. The third-order valence-electron chi connectivity index (χ3n) is 14.3. The van der Waals surface area contributed by atoms with Gasteiger partial charge in [0.15, 0.2) is 5.82 Å². The van der Waals surface area contributed by atoms with E-state index in [-0.39, 0.29) is 56.6 Å². The summed E-state index contributed by atoms with van der Waals surface area (Å²) in [7, 11) is 0. The number of aliphatic hydroxyl groups is 1. The summed E-state index contributed by atoms with van der Waals surface area (Å²) in [6.45, 7) is 10.5. The van der Waals surface area contributed by atoms with Gasteiger partial charge >= 0.3 is 0 Å². The number of β-amino-alcohol motifs (C(OH)–C–C–N with tert-alkyl or cyclic N) is 1. The molecule has 0 saturated carbocycles. The first-order chi connectivity index (χ1) is 36.4. The topological polar surface area (TPSA) is 214 Å². The SMILES string of the molecule is Cc1ncsc1-c1ccc(CNC(=O)[C@@H]2C[C@@H](O)CN2C(=O)[C@@H](NC(=O)CCC(=O)N2CCN(c3ccc(C(=O)Nc4n[nH]c5ccc(Cc6cc(F)cc(F)c6)cc45)c(NC4CCOCC4)c3)CC2)C(C)(C)C)cc1. The Labute approximate surface area is 443 Å². The third-order valence-corrected chi connectivity index (χ3v) is 15.3. The number of hydrogen-bond donors (Lipinski definition) is 6. The van der Waals surface area contributed by atoms with Gasteiger partial charge < -0.3 is 45.8 Å². The summed E-state index contributed by atoms with van der Waals surface area (Å²) in [6.07, 6.45) is 0.712. The van der Waals surface area contributed by atoms with Gasteiger partial charge in [0.2, 0.25) is 23.6 Å². The number of nitrogens with zero attached hydrogens (tertiary/aromatic N) is 5. The average Bonchev–Trinajstić information content (AvgIpc) is 4.14. The molecule has 400 valence electrons. The van der Waals surface area contributed by atoms with Gasteiger partial charge in [-0.1, -0.05) is 51.1 Å². The number of aryl methyl sites for hydroxylation is 1. The van der Waals surface area contributed by atoms with Crippen LogP contribution in [0.2, 0.25) is 0 Å². The lowest BCUT2D eigenvalue weighted by Gasteiger charge is -2.37. The number of aromatic nitrogens is 3. The van der Waals surface area contributed by atoms with E-state index in [1.807, 2.05) is 82.3 Å². The van der Waals surface area contributed by atoms with Crippen LogP contribution in [0.1, 0.15) is 85.6 Å². The Hall–Kier alpha value is -7.29. The average molecular weight is 1060 g/mol. The predicted molar refractivity (Wildman–Crippen MR) is 287 cm³/mol. The van der Waals surface area contributed by atoms with Crippen molar-refractivity contribution in [2.24, 2.45) is 5.41 Å². The minimum atomic E-state index is -1.03. The Morgan fingerprint density at radius 1 is 0.882 bits per heavy atom. The Kier molecular flexibility index (Phi) is 16.4. The number of piperazine rings is 1. The van der Waals surface area contributed by atoms with E-state index in [9.17, 15) is 37.9 Å². The fourth-order valence-electron chi connectivity index (χ4n) is 10.1. The number of aliphatic hydroxyl groups excluding tert-OH is 1. The second kappa shape index (κ2) is 23.3. The molecule has 5 amide bonds. The highest BCUT2D eigenvalue weighted by Gasteiger charge is 2.44. The van der Waals surface area contributed by atoms with E-state index in [4.69, 9.17) is 4.74 Å². The first kappa shape index (κ1) is 53.5. The molecule has 20 heteroatoms. The number of benzene rings is 4. The van der Waals surface area contributed by atoms with Crippen LogP contribution in [0.15, 0.2) is 84.4 Å². The van der Waals surface area contributed by atoms with E-state index in [0.717, 1.165) is 51.9 Å². The van der Waals surface area contributed by atoms with E-state index < -0.39 is 53.0 Å². The zero-order chi connectivity index (χ0) is 53.7. The van der Waals surface area contributed by atoms with Crippen LogP contribution >= 0.6 is 11.3 Å². The zero-order valence-corrected chi connectivity index (χ0v) is 43.9. The van der Waals surface area contributed by atoms with Crippen molar-refractivity contribution in [2.75, 3.05) is 61.5 Å². The van der Waals surface area contributed by atoms with Gasteiger partial charge in [-0.15, -0.1) is 11.3 Å². The lowest BCUT2D eigenvalue weighted by Crippen LogP contribution is -2.57. The number of hydrogen-bond acceptors (Lipinski definition) is 12. The number of amides is 5. The number of aromatic amines is 1. The molecule has 6 N–H and O–H groups in total. The molecule has 0 bridgehead atoms. The number of carbonyl (C=O) groups excluding carboxylic acids is 5. The molecule has 0 aliphatic carbocycles. The van der Waals surface area contributed by atoms with Crippen molar-refractivity contribution in [3.8, 4) is 10.4 Å². The van der Waals surface area contributed by atoms with Crippen LogP contribution in [0.3, 0.4) is 0 Å². The van der Waals surface area contributed by atoms with Crippen molar-refractivity contribution in [2.45, 2.75) is 97.0 Å². The number of likely N-dealkylation sites (tertiary alicyclic amines) is 1. The number of rotatable bonds is 16. The Bertz CT molecular complexity index is 3070. The van der Waals surface area contributed by atoms with Crippen LogP contribution in [0.4, 0.5) is 26.0 Å². The highest BCUT2D eigenvalue weighted by molar-refractivity contribution is 7.13. The summed E-state index contributed by atoms with van der Waals surface area (Å²) in [6, 6.07) is 20.4. The molecule has 76 heavy (non-hydrogen) atoms. The molecule has 0 spiro atoms. The minimum absolute atomic E-state index is 0.0570. The van der Waals surface area contributed by atoms with E-state index in [2.05, 4.69) is 41.3 Å². The van der Waals surface area contributed by atoms with Crippen molar-refractivity contribution in [1.82, 2.24) is 35.6 Å². The normalized spacial score (nSPS) is 17.6. The fourth-order valence-corrected chi connectivity index (χ4v) is 10.9. The van der Waals surface area contributed by atoms with E-state index in [1.54, 1.807) is 27.8 Å². The summed E-state index contributed by atoms with van der Waals surface area (Å²) in [5.41, 5.74) is 7.71. The fraction of sp³-hybridized carbons (Fsp3) is 0.411. The van der Waals surface area contributed by atoms with Crippen molar-refractivity contribution < 1.29 is 42.6 Å². The van der Waals surface area contributed by atoms with Gasteiger partial charge in [-0.2, -0.15) is 5.10 Å². The predicted octanol–water partition coefficient (Wildman–Crippen LogP) is 6.94. The monoisotopic (exact) mass is 1060 g/mol. The van der Waals surface area contributed by atoms with Gasteiger partial charge in [-0.25, -0.2) is 13.8 Å². The van der Waals surface area contributed by atoms with Crippen LogP contribution in [0.5, 0.6) is 0 Å². The number of halogens is 2. The number of thiazole rings is 1. The molecule has 3 fully saturated rings. The van der Waals surface area contributed by atoms with Crippen LogP contribution in [-0.2, 0) is 36.9 Å². The highest BCUT2D eigenvalue weighted by atomic mass is 32.1. The molecular weight excluding hydrogens is 995 g/mol. The number of fused-ring (bicyclic) bond motifs is 1. The van der Waals surface area contributed by atoms with Crippen molar-refractivity contribution >= 4 is 69.0 Å². The molecule has 3 aliphatic heterocycles. The molecule has 0 unspecified atom stereocenters. The maximum Gasteiger partial charge on any atom is 0.258 e. The molecule has 3 saturated heterocycles. The maximum atomic E-state index is 14.2. The number of carbonyl (C=O) groups is 5. The van der Waals surface area contributed by atoms with Crippen LogP contribution in [-0.4, -0.2) is 130 Å². The second-order valence-corrected chi connectivity index (χ2v) is 21.8. The number of H-pyrrole nitrogens is 1. The zero-order valence-electron chi connectivity index (χ0n) is 43.1. The summed E-state index contributed by atoms with van der Waals surface area (Å²) >= 11 is 1.56. The third kappa shape index (κ3) is 12.9. The first-order valence-electron chi connectivity index (χ1n) is 25.7. The van der Waals surface area contributed by atoms with Gasteiger partial charge in [0.05, 0.1) is 33.3 Å². The first-order valence-corrected chi connectivity index (χ1v) is 26.6. The Morgan fingerprint density at radius 3 is 2.30 bits per heavy atom. The Balaban J connectivity index is 0.787. The van der Waals surface area contributed by atoms with Gasteiger partial charge in [-0.3, -0.25) is 29.1 Å². The van der Waals surface area contributed by atoms with Gasteiger partial charge in [-0.05, 0) is 96.3 Å². The molecule has 5 heterocycles. The minimum Gasteiger partial charge on any atom is -0.391 e. The Morgan fingerprint density at radius 2 is 1.61 bits per heavy atom. The van der Waals surface area contributed by atoms with Crippen LogP contribution in [0.25, 0.3) is 21.3 Å². The summed E-state index contributed by atoms with van der Waals surface area (Å²) in [5, 5.41) is 31.0. The highest BCUT2D eigenvalue weighted by Crippen LogP contribution is 2.32. The number of nitrogens with one attached hydrogen (secondary N) is 5. The van der Waals surface area contributed by atoms with E-state index in [0.29, 0.717) is 72.9 Å². The lowest BCUT2D eigenvalue weighted by molar-refractivity contribution is -0.144. The van der Waals surface area contributed by atoms with Crippen LogP contribution < -0.4 is 26.2 Å². The molecule has 17 nitrogen and oxygen atoms in total. The van der Waals surface area contributed by atoms with Gasteiger partial charge in [0, 0.05) is 101 Å². The molecular formula is C56H64F2N10O7S.